The molecule has 4 heterocycles. The van der Waals surface area contributed by atoms with Gasteiger partial charge in [-0.2, -0.15) is 9.90 Å². The summed E-state index contributed by atoms with van der Waals surface area (Å²) in [5.41, 5.74) is -0.0439. The molecule has 0 unspecified atom stereocenters. The Labute approximate surface area is 294 Å². The highest BCUT2D eigenvalue weighted by Crippen LogP contribution is 2.45. The number of thiazole rings is 1. The number of aliphatic carboxylic acids is 1. The molecule has 5 atom stereocenters. The van der Waals surface area contributed by atoms with E-state index in [0.717, 1.165) is 24.8 Å². The first kappa shape index (κ1) is 35.1. The fourth-order valence-electron chi connectivity index (χ4n) is 6.69. The number of carboxylic acids is 1. The predicted octanol–water partition coefficient (Wildman–Crippen LogP) is 4.17. The number of fused-ring (bicyclic) bond motifs is 2. The van der Waals surface area contributed by atoms with Crippen molar-refractivity contribution in [2.45, 2.75) is 94.9 Å². The van der Waals surface area contributed by atoms with Crippen molar-refractivity contribution in [2.24, 2.45) is 5.92 Å². The average Bonchev–Trinajstić information content (AvgIpc) is 3.52. The van der Waals surface area contributed by atoms with Crippen LogP contribution in [-0.4, -0.2) is 90.6 Å². The smallest absolute Gasteiger partial charge is 0.330 e. The Kier molecular flexibility index (Phi) is 9.96. The molecule has 1 saturated carbocycles. The number of methoxy groups -OCH3 is 1. The third-order valence-corrected chi connectivity index (χ3v) is 10.2. The summed E-state index contributed by atoms with van der Waals surface area (Å²) in [6, 6.07) is 4.49. The third kappa shape index (κ3) is 7.52. The number of urea groups is 1. The molecule has 2 fully saturated rings. The van der Waals surface area contributed by atoms with Crippen LogP contribution >= 0.6 is 11.3 Å². The number of carbonyl (C=O) groups excluding carboxylic acids is 3. The molecule has 266 valence electrons. The van der Waals surface area contributed by atoms with Gasteiger partial charge in [-0.25, -0.2) is 14.6 Å². The monoisotopic (exact) mass is 704 g/mol. The van der Waals surface area contributed by atoms with Crippen LogP contribution in [0.3, 0.4) is 0 Å². The summed E-state index contributed by atoms with van der Waals surface area (Å²) in [5.74, 6) is -1.74. The van der Waals surface area contributed by atoms with E-state index >= 15 is 0 Å². The highest BCUT2D eigenvalue weighted by Gasteiger charge is 2.61. The van der Waals surface area contributed by atoms with Crippen LogP contribution in [0.4, 0.5) is 4.79 Å². The van der Waals surface area contributed by atoms with Gasteiger partial charge in [0.2, 0.25) is 11.8 Å². The van der Waals surface area contributed by atoms with E-state index in [4.69, 9.17) is 14.9 Å². The lowest BCUT2D eigenvalue weighted by Crippen LogP contribution is -2.58. The molecule has 3 aromatic rings. The molecule has 2 aromatic heterocycles. The zero-order valence-corrected chi connectivity index (χ0v) is 29.5. The van der Waals surface area contributed by atoms with Gasteiger partial charge in [-0.15, -0.1) is 16.4 Å². The second kappa shape index (κ2) is 14.2. The summed E-state index contributed by atoms with van der Waals surface area (Å²) in [6.07, 6.45) is 9.44. The number of hydrogen-bond donors (Lipinski definition) is 4. The topological polar surface area (TPSA) is 181 Å². The van der Waals surface area contributed by atoms with Crippen LogP contribution in [0, 0.1) is 5.92 Å². The number of carboxylic acid groups (broad SMARTS) is 1. The molecule has 14 nitrogen and oxygen atoms in total. The van der Waals surface area contributed by atoms with Gasteiger partial charge in [0.1, 0.15) is 39.8 Å². The Morgan fingerprint density at radius 1 is 1.10 bits per heavy atom. The Morgan fingerprint density at radius 2 is 1.86 bits per heavy atom. The summed E-state index contributed by atoms with van der Waals surface area (Å²) in [5, 5.41) is 31.0. The minimum atomic E-state index is -1.44. The maximum absolute atomic E-state index is 14.4. The van der Waals surface area contributed by atoms with Gasteiger partial charge in [0.25, 0.3) is 0 Å². The number of carbonyl (C=O) groups is 4. The first-order valence-corrected chi connectivity index (χ1v) is 17.9. The van der Waals surface area contributed by atoms with Crippen molar-refractivity contribution in [1.82, 2.24) is 40.8 Å². The van der Waals surface area contributed by atoms with Crippen LogP contribution in [0.25, 0.3) is 22.0 Å². The first-order chi connectivity index (χ1) is 23.9. The van der Waals surface area contributed by atoms with Gasteiger partial charge >= 0.3 is 12.0 Å². The van der Waals surface area contributed by atoms with Crippen molar-refractivity contribution in [3.05, 3.63) is 48.0 Å². The van der Waals surface area contributed by atoms with Gasteiger partial charge in [-0.05, 0) is 70.7 Å². The van der Waals surface area contributed by atoms with Crippen LogP contribution in [-0.2, 0) is 14.4 Å². The summed E-state index contributed by atoms with van der Waals surface area (Å²) >= 11 is 1.42. The normalized spacial score (nSPS) is 25.8. The number of amides is 4. The molecule has 50 heavy (non-hydrogen) atoms. The maximum atomic E-state index is 14.4. The number of rotatable bonds is 6. The number of nitrogens with zero attached hydrogens (tertiary/aromatic N) is 5. The van der Waals surface area contributed by atoms with E-state index in [2.05, 4.69) is 20.9 Å². The Morgan fingerprint density at radius 3 is 2.54 bits per heavy atom. The van der Waals surface area contributed by atoms with Crippen LogP contribution in [0.2, 0.25) is 0 Å². The van der Waals surface area contributed by atoms with E-state index in [-0.39, 0.29) is 25.3 Å². The summed E-state index contributed by atoms with van der Waals surface area (Å²) in [4.78, 5) is 61.5. The van der Waals surface area contributed by atoms with E-state index in [1.807, 2.05) is 62.6 Å². The molecule has 0 bridgehead atoms. The van der Waals surface area contributed by atoms with E-state index in [1.54, 1.807) is 13.3 Å². The van der Waals surface area contributed by atoms with Gasteiger partial charge < -0.3 is 30.7 Å². The summed E-state index contributed by atoms with van der Waals surface area (Å²) in [6.45, 7) is 5.63. The van der Waals surface area contributed by atoms with Gasteiger partial charge in [0, 0.05) is 41.6 Å². The zero-order valence-electron chi connectivity index (χ0n) is 28.7. The number of nitrogens with one attached hydrogen (secondary N) is 3. The van der Waals surface area contributed by atoms with Crippen LogP contribution in [0.5, 0.6) is 5.75 Å². The lowest BCUT2D eigenvalue weighted by Gasteiger charge is -2.30. The van der Waals surface area contributed by atoms with E-state index in [1.165, 1.54) is 21.0 Å². The molecule has 1 saturated heterocycles. The lowest BCUT2D eigenvalue weighted by molar-refractivity contribution is -0.145. The molecule has 3 aliphatic rings. The van der Waals surface area contributed by atoms with Crippen molar-refractivity contribution in [3.8, 4) is 27.7 Å². The van der Waals surface area contributed by atoms with Crippen molar-refractivity contribution < 1.29 is 29.0 Å². The molecular weight excluding hydrogens is 661 g/mol. The number of hydrogen-bond acceptors (Lipinski definition) is 9. The van der Waals surface area contributed by atoms with Gasteiger partial charge in [-0.1, -0.05) is 25.0 Å². The Balaban J connectivity index is 1.35. The lowest BCUT2D eigenvalue weighted by atomic mass is 10.0. The minimum Gasteiger partial charge on any atom is -0.497 e. The molecule has 4 N–H and O–H groups in total. The number of aromatic nitrogens is 4. The Hall–Kier alpha value is -4.79. The molecule has 0 spiro atoms. The molecule has 1 aliphatic carbocycles. The molecular formula is C35H44N8O6S. The number of benzene rings is 1. The standard InChI is InChI=1S/C35H44N8O6S/c1-34(2,3)39-33(48)37-25-11-9-7-5-6-8-10-22-19-35(22,32(46)47)38-29(44)26-18-23(20-42(26)31(25)45)43-40-27(21-12-14-24(49-4)15-13-21)28(41-43)30-36-16-17-50-30/h8,10,12-17,22-23,25-26H,5-7,9,11,18-20H2,1-4H3,(H,38,44)(H,46,47)(H2,37,39,48)/t22-,23-,25+,26+,35-/m1/s1. The van der Waals surface area contributed by atoms with Gasteiger partial charge in [0.05, 0.1) is 13.2 Å². The van der Waals surface area contributed by atoms with Crippen molar-refractivity contribution in [3.63, 3.8) is 0 Å². The average molecular weight is 705 g/mol. The molecule has 6 rings (SSSR count). The van der Waals surface area contributed by atoms with E-state index in [0.29, 0.717) is 35.0 Å². The third-order valence-electron chi connectivity index (χ3n) is 9.39. The highest BCUT2D eigenvalue weighted by atomic mass is 32.1. The van der Waals surface area contributed by atoms with Gasteiger partial charge in [0.15, 0.2) is 0 Å². The Bertz CT molecular complexity index is 1750. The molecule has 0 radical (unpaired) electrons. The van der Waals surface area contributed by atoms with E-state index in [9.17, 15) is 24.3 Å². The second-order valence-electron chi connectivity index (χ2n) is 14.2. The van der Waals surface area contributed by atoms with Crippen LogP contribution in [0.15, 0.2) is 48.0 Å². The fourth-order valence-corrected chi connectivity index (χ4v) is 7.31. The van der Waals surface area contributed by atoms with Crippen molar-refractivity contribution >= 4 is 35.2 Å². The van der Waals surface area contributed by atoms with Crippen LogP contribution in [0.1, 0.15) is 71.8 Å². The maximum Gasteiger partial charge on any atom is 0.330 e. The van der Waals surface area contributed by atoms with Crippen molar-refractivity contribution in [1.29, 1.82) is 0 Å². The second-order valence-corrected chi connectivity index (χ2v) is 15.1. The van der Waals surface area contributed by atoms with Crippen molar-refractivity contribution in [2.75, 3.05) is 13.7 Å². The SMILES string of the molecule is COc1ccc(-c2nn([C@@H]3C[C@H]4C(=O)N[C@]5(C(=O)O)C[C@H]5C=CCCCCC[C@H](NC(=O)NC(C)(C)C)C(=O)N4C3)nc2-c2nccs2)cc1. The number of allylic oxidation sites excluding steroid dienone is 1. The minimum absolute atomic E-state index is 0.0768. The van der Waals surface area contributed by atoms with Crippen LogP contribution < -0.4 is 20.7 Å². The highest BCUT2D eigenvalue weighted by molar-refractivity contribution is 7.13. The van der Waals surface area contributed by atoms with Gasteiger partial charge in [-0.3, -0.25) is 9.59 Å². The number of ether oxygens (including phenoxy) is 1. The predicted molar refractivity (Wildman–Crippen MR) is 186 cm³/mol. The zero-order chi connectivity index (χ0) is 35.6. The summed E-state index contributed by atoms with van der Waals surface area (Å²) < 4.78 is 5.33. The largest absolute Gasteiger partial charge is 0.497 e. The summed E-state index contributed by atoms with van der Waals surface area (Å²) in [7, 11) is 1.59. The first-order valence-electron chi connectivity index (χ1n) is 17.0. The molecule has 2 aliphatic heterocycles. The van der Waals surface area contributed by atoms with E-state index < -0.39 is 53.0 Å². The fraction of sp³-hybridized carbons (Fsp3) is 0.514. The molecule has 4 amide bonds. The molecule has 15 heteroatoms. The molecule has 1 aromatic carbocycles. The quantitative estimate of drug-likeness (QED) is 0.274.